The number of benzene rings is 2. The van der Waals surface area contributed by atoms with E-state index < -0.39 is 30.1 Å². The number of hydrogen-bond donors (Lipinski definition) is 6. The third kappa shape index (κ3) is 75.9. The van der Waals surface area contributed by atoms with Gasteiger partial charge in [-0.2, -0.15) is 0 Å². The fraction of sp³-hybridized carbons (Fsp3) is 0.614. The van der Waals surface area contributed by atoms with Crippen LogP contribution in [0.3, 0.4) is 0 Å². The lowest BCUT2D eigenvalue weighted by molar-refractivity contribution is -0.142. The molecule has 15 heteroatoms. The monoisotopic (exact) mass is 1600 g/mol. The summed E-state index contributed by atoms with van der Waals surface area (Å²) in [6.07, 6.45) is 94.6. The van der Waals surface area contributed by atoms with Crippen LogP contribution in [0.5, 0.6) is 0 Å². The molecule has 1 heterocycles. The second-order valence-corrected chi connectivity index (χ2v) is 31.0. The number of aliphatic imine (C=N–C) groups is 1. The fourth-order valence-electron chi connectivity index (χ4n) is 12.7. The number of unbranched alkanes of at least 4 members (excludes halogenated alkanes) is 36. The maximum atomic E-state index is 12.2. The van der Waals surface area contributed by atoms with E-state index in [2.05, 4.69) is 151 Å². The Kier molecular flexibility index (Phi) is 77.6. The Hall–Kier alpha value is -8.07. The molecule has 4 amide bonds. The SMILES string of the molecule is CCCCC/C=C\C=C\CCCCCCCCC(=O)NC(CC1=CCC=N1)C(=O)O.CCCCC/C=C\C=C\CCCCCCCCC(=O)NC(Cc1ccccc1)C(=O)O.CCCCC/C=C\C=C\CCCCCCCCC(=O)NCC(C)=O.CCCCCC/C=C/C=C\CCCCCCCC(=O)NC(Cc1ccccc1)C(C)=O. The summed E-state index contributed by atoms with van der Waals surface area (Å²) < 4.78 is 0. The van der Waals surface area contributed by atoms with Crippen molar-refractivity contribution < 1.29 is 48.6 Å². The van der Waals surface area contributed by atoms with Crippen molar-refractivity contribution in [1.82, 2.24) is 21.3 Å². The minimum Gasteiger partial charge on any atom is -0.480 e. The average Bonchev–Trinajstić information content (AvgIpc) is 1.58. The Morgan fingerprint density at radius 3 is 0.879 bits per heavy atom. The predicted molar refractivity (Wildman–Crippen MR) is 489 cm³/mol. The van der Waals surface area contributed by atoms with Crippen LogP contribution in [0.2, 0.25) is 0 Å². The first-order chi connectivity index (χ1) is 56.6. The van der Waals surface area contributed by atoms with Gasteiger partial charge in [0.05, 0.1) is 12.6 Å². The third-order valence-electron chi connectivity index (χ3n) is 19.9. The summed E-state index contributed by atoms with van der Waals surface area (Å²) in [7, 11) is 0. The molecule has 0 bridgehead atoms. The Morgan fingerprint density at radius 1 is 0.336 bits per heavy atom. The molecule has 3 rings (SSSR count). The van der Waals surface area contributed by atoms with E-state index in [4.69, 9.17) is 0 Å². The van der Waals surface area contributed by atoms with Crippen LogP contribution in [-0.2, 0) is 51.2 Å². The molecule has 0 fully saturated rings. The van der Waals surface area contributed by atoms with Gasteiger partial charge in [0.1, 0.15) is 17.9 Å². The first kappa shape index (κ1) is 108. The zero-order valence-electron chi connectivity index (χ0n) is 73.5. The number of carbonyl (C=O) groups is 8. The molecule has 6 N–H and O–H groups in total. The molecule has 0 saturated heterocycles. The molecule has 3 unspecified atom stereocenters. The average molecular weight is 1610 g/mol. The molecule has 0 radical (unpaired) electrons. The van der Waals surface area contributed by atoms with Gasteiger partial charge in [-0.05, 0) is 160 Å². The number of rotatable bonds is 70. The fourth-order valence-corrected chi connectivity index (χ4v) is 12.7. The zero-order valence-corrected chi connectivity index (χ0v) is 73.5. The first-order valence-electron chi connectivity index (χ1n) is 45.7. The van der Waals surface area contributed by atoms with Crippen LogP contribution in [0.4, 0.5) is 0 Å². The molecular formula is C101H161N5O10. The molecule has 3 atom stereocenters. The number of nitrogens with one attached hydrogen (secondary N) is 4. The van der Waals surface area contributed by atoms with Crippen molar-refractivity contribution in [2.45, 2.75) is 394 Å². The van der Waals surface area contributed by atoms with E-state index in [1.165, 1.54) is 193 Å². The van der Waals surface area contributed by atoms with Crippen LogP contribution >= 0.6 is 0 Å². The number of aliphatic carboxylic acids is 2. The van der Waals surface area contributed by atoms with Gasteiger partial charge in [0.2, 0.25) is 23.6 Å². The van der Waals surface area contributed by atoms with Crippen LogP contribution < -0.4 is 21.3 Å². The first-order valence-corrected chi connectivity index (χ1v) is 45.7. The van der Waals surface area contributed by atoms with E-state index in [0.717, 1.165) is 120 Å². The number of ketones is 2. The highest BCUT2D eigenvalue weighted by Crippen LogP contribution is 2.17. The van der Waals surface area contributed by atoms with E-state index in [0.29, 0.717) is 38.5 Å². The molecule has 1 aliphatic heterocycles. The summed E-state index contributed by atoms with van der Waals surface area (Å²) in [5, 5.41) is 29.5. The lowest BCUT2D eigenvalue weighted by Crippen LogP contribution is -2.42. The molecule has 2 aromatic carbocycles. The van der Waals surface area contributed by atoms with Crippen LogP contribution in [0.25, 0.3) is 0 Å². The van der Waals surface area contributed by atoms with E-state index in [1.807, 2.05) is 66.7 Å². The molecule has 15 nitrogen and oxygen atoms in total. The molecule has 0 saturated carbocycles. The van der Waals surface area contributed by atoms with Crippen molar-refractivity contribution >= 4 is 53.3 Å². The largest absolute Gasteiger partial charge is 0.480 e. The van der Waals surface area contributed by atoms with Crippen molar-refractivity contribution in [3.63, 3.8) is 0 Å². The summed E-state index contributed by atoms with van der Waals surface area (Å²) in [6, 6.07) is 17.1. The van der Waals surface area contributed by atoms with Gasteiger partial charge in [-0.1, -0.05) is 346 Å². The van der Waals surface area contributed by atoms with E-state index in [1.54, 1.807) is 13.1 Å². The lowest BCUT2D eigenvalue weighted by Gasteiger charge is -2.16. The summed E-state index contributed by atoms with van der Waals surface area (Å²) in [4.78, 5) is 97.2. The normalized spacial score (nSPS) is 12.8. The molecular weight excluding hydrogens is 1440 g/mol. The standard InChI is InChI=1S/C28H43NO2.C27H41NO3.C25H40N2O3.C21H37NO2/c1-3-4-5-6-7-8-9-10-11-12-13-14-15-16-20-23-28(31)29-27(25(2)30)24-26-21-18-17-19-22-26;1-2-3-4-5-6-7-8-9-10-11-12-13-14-15-19-22-26(29)28-25(27(30)31)23-24-20-17-16-18-21-24;1-2-3-4-5-6-7-8-9-10-11-12-13-14-15-16-19-24(28)27-23(25(29)30)21-22-18-17-20-26-22;1-3-4-5-6-7-8-9-10-11-12-13-14-15-16-17-18-21(24)22-19-20(2)23/h8-11,17-19,21-22,27H,3-7,12-16,20,23-24H2,1-2H3,(H,29,31);6-9,16-18,20-21,25H,2-5,10-15,19,22-23H2,1H3,(H,28,29)(H,30,31);6-9,18,20,23H,2-5,10-17,19,21H2,1H3,(H,27,28)(H,29,30);7-10H,3-6,11-19H2,1-2H3,(H,22,24)/b9-8+,11-10-;2*7-6-,9-8+;8-7-,10-9+. The van der Waals surface area contributed by atoms with Crippen LogP contribution in [0.15, 0.2) is 175 Å². The van der Waals surface area contributed by atoms with Gasteiger partial charge >= 0.3 is 11.9 Å². The highest BCUT2D eigenvalue weighted by Gasteiger charge is 2.23. The van der Waals surface area contributed by atoms with Crippen LogP contribution in [0, 0.1) is 0 Å². The van der Waals surface area contributed by atoms with Gasteiger partial charge in [-0.3, -0.25) is 33.8 Å². The highest BCUT2D eigenvalue weighted by molar-refractivity contribution is 5.88. The molecule has 116 heavy (non-hydrogen) atoms. The Labute approximate surface area is 705 Å². The lowest BCUT2D eigenvalue weighted by atomic mass is 10.0. The Balaban J connectivity index is 0.00000153. The third-order valence-corrected chi connectivity index (χ3v) is 19.9. The minimum atomic E-state index is -1.01. The molecule has 650 valence electrons. The topological polar surface area (TPSA) is 237 Å². The zero-order chi connectivity index (χ0) is 84.9. The van der Waals surface area contributed by atoms with Crippen molar-refractivity contribution in [1.29, 1.82) is 0 Å². The summed E-state index contributed by atoms with van der Waals surface area (Å²) >= 11 is 0. The van der Waals surface area contributed by atoms with Crippen molar-refractivity contribution in [2.24, 2.45) is 4.99 Å². The molecule has 1 aliphatic rings. The molecule has 0 aliphatic carbocycles. The quantitative estimate of drug-likeness (QED) is 0.0270. The number of carboxylic acid groups (broad SMARTS) is 2. The van der Waals surface area contributed by atoms with Gasteiger partial charge in [0.25, 0.3) is 0 Å². The maximum Gasteiger partial charge on any atom is 0.326 e. The smallest absolute Gasteiger partial charge is 0.326 e. The van der Waals surface area contributed by atoms with Gasteiger partial charge in [0, 0.05) is 56.9 Å². The van der Waals surface area contributed by atoms with E-state index in [9.17, 15) is 48.6 Å². The highest BCUT2D eigenvalue weighted by atomic mass is 16.4. The van der Waals surface area contributed by atoms with Gasteiger partial charge in [-0.15, -0.1) is 0 Å². The summed E-state index contributed by atoms with van der Waals surface area (Å²) in [5.41, 5.74) is 2.72. The predicted octanol–water partition coefficient (Wildman–Crippen LogP) is 25.4. The van der Waals surface area contributed by atoms with Crippen molar-refractivity contribution in [3.05, 3.63) is 181 Å². The second kappa shape index (κ2) is 83.4. The van der Waals surface area contributed by atoms with Gasteiger partial charge in [-0.25, -0.2) is 9.59 Å². The number of nitrogens with zero attached hydrogens (tertiary/aromatic N) is 1. The number of amides is 4. The molecule has 0 aromatic heterocycles. The van der Waals surface area contributed by atoms with Gasteiger partial charge in [0.15, 0.2) is 5.78 Å². The van der Waals surface area contributed by atoms with Crippen molar-refractivity contribution in [3.8, 4) is 0 Å². The van der Waals surface area contributed by atoms with Crippen molar-refractivity contribution in [2.75, 3.05) is 6.54 Å². The number of hydrogen-bond acceptors (Lipinski definition) is 9. The molecule has 0 spiro atoms. The van der Waals surface area contributed by atoms with Crippen LogP contribution in [-0.4, -0.2) is 88.2 Å². The summed E-state index contributed by atoms with van der Waals surface area (Å²) in [5.74, 6) is -2.35. The Morgan fingerprint density at radius 2 is 0.595 bits per heavy atom. The number of carbonyl (C=O) groups excluding carboxylic acids is 6. The number of Topliss-reactive ketones (excluding diaryl/α,β-unsaturated/α-hetero) is 2. The Bertz CT molecular complexity index is 3090. The number of allylic oxidation sites excluding steroid dienone is 17. The van der Waals surface area contributed by atoms with E-state index >= 15 is 0 Å². The second-order valence-electron chi connectivity index (χ2n) is 31.0. The van der Waals surface area contributed by atoms with Crippen LogP contribution in [0.1, 0.15) is 374 Å². The molecule has 2 aromatic rings. The summed E-state index contributed by atoms with van der Waals surface area (Å²) in [6.45, 7) is 12.1. The van der Waals surface area contributed by atoms with E-state index in [-0.39, 0.29) is 48.2 Å². The minimum absolute atomic E-state index is 0.00177. The van der Waals surface area contributed by atoms with Gasteiger partial charge < -0.3 is 31.5 Å². The number of carboxylic acids is 2. The maximum absolute atomic E-state index is 12.2.